The second kappa shape index (κ2) is 6.72. The van der Waals surface area contributed by atoms with Gasteiger partial charge in [0.1, 0.15) is 5.60 Å². The Morgan fingerprint density at radius 3 is 3.05 bits per heavy atom. The van der Waals surface area contributed by atoms with E-state index in [-0.39, 0.29) is 18.2 Å². The summed E-state index contributed by atoms with van der Waals surface area (Å²) in [5.41, 5.74) is 5.75. The average Bonchev–Trinajstić information content (AvgIpc) is 2.89. The Morgan fingerprint density at radius 1 is 1.67 bits per heavy atom. The van der Waals surface area contributed by atoms with Crippen LogP contribution in [0.1, 0.15) is 25.8 Å². The van der Waals surface area contributed by atoms with Gasteiger partial charge in [-0.1, -0.05) is 0 Å². The lowest BCUT2D eigenvalue weighted by atomic mass is 10.0. The molecule has 21 heavy (non-hydrogen) atoms. The lowest BCUT2D eigenvalue weighted by Crippen LogP contribution is -2.58. The Labute approximate surface area is 129 Å². The number of hydrogen-bond donors (Lipinski definition) is 1. The van der Waals surface area contributed by atoms with Crippen LogP contribution in [0.25, 0.3) is 0 Å². The van der Waals surface area contributed by atoms with E-state index in [1.54, 1.807) is 22.4 Å². The maximum Gasteiger partial charge on any atom is 0.410 e. The van der Waals surface area contributed by atoms with Crippen molar-refractivity contribution < 1.29 is 14.3 Å². The number of carbonyl (C=O) groups excluding carboxylic acids is 1. The first-order chi connectivity index (χ1) is 9.87. The summed E-state index contributed by atoms with van der Waals surface area (Å²) in [6.07, 6.45) is 2.06. The van der Waals surface area contributed by atoms with Crippen molar-refractivity contribution in [3.63, 3.8) is 0 Å². The Kier molecular flexibility index (Phi) is 5.18. The van der Waals surface area contributed by atoms with Crippen molar-refractivity contribution in [1.29, 1.82) is 0 Å². The van der Waals surface area contributed by atoms with Gasteiger partial charge >= 0.3 is 6.09 Å². The maximum absolute atomic E-state index is 12.3. The Balaban J connectivity index is 2.02. The number of carbonyl (C=O) groups is 1. The maximum atomic E-state index is 12.3. The van der Waals surface area contributed by atoms with E-state index in [0.717, 1.165) is 5.01 Å². The van der Waals surface area contributed by atoms with Gasteiger partial charge in [-0.25, -0.2) is 9.78 Å². The Hall–Kier alpha value is -1.18. The van der Waals surface area contributed by atoms with Crippen molar-refractivity contribution in [3.05, 3.63) is 16.6 Å². The van der Waals surface area contributed by atoms with Gasteiger partial charge in [0.05, 0.1) is 24.3 Å². The quantitative estimate of drug-likeness (QED) is 0.918. The van der Waals surface area contributed by atoms with Crippen LogP contribution in [0.3, 0.4) is 0 Å². The molecule has 2 heterocycles. The highest BCUT2D eigenvalue weighted by molar-refractivity contribution is 7.09. The van der Waals surface area contributed by atoms with Crippen LogP contribution in [0.5, 0.6) is 0 Å². The molecule has 118 valence electrons. The predicted octanol–water partition coefficient (Wildman–Crippen LogP) is 1.65. The molecule has 1 aliphatic rings. The van der Waals surface area contributed by atoms with Gasteiger partial charge in [-0.2, -0.15) is 0 Å². The molecule has 1 aromatic rings. The summed E-state index contributed by atoms with van der Waals surface area (Å²) in [4.78, 5) is 18.2. The third-order valence-corrected chi connectivity index (χ3v) is 3.98. The normalized spacial score (nSPS) is 21.1. The van der Waals surface area contributed by atoms with Crippen LogP contribution in [0.2, 0.25) is 0 Å². The van der Waals surface area contributed by atoms with Crippen LogP contribution in [0, 0.1) is 0 Å². The lowest BCUT2D eigenvalue weighted by Gasteiger charge is -2.39. The summed E-state index contributed by atoms with van der Waals surface area (Å²) in [6.45, 7) is 7.03. The summed E-state index contributed by atoms with van der Waals surface area (Å²) < 4.78 is 10.9. The topological polar surface area (TPSA) is 77.7 Å². The molecule has 0 radical (unpaired) electrons. The number of rotatable bonds is 3. The molecule has 1 fully saturated rings. The number of nitrogens with two attached hydrogens (primary N) is 1. The second-order valence-electron chi connectivity index (χ2n) is 6.11. The number of ether oxygens (including phenoxy) is 2. The first-order valence-corrected chi connectivity index (χ1v) is 7.96. The van der Waals surface area contributed by atoms with E-state index in [2.05, 4.69) is 4.98 Å². The Morgan fingerprint density at radius 2 is 2.43 bits per heavy atom. The average molecular weight is 313 g/mol. The number of amides is 1. The highest BCUT2D eigenvalue weighted by Gasteiger charge is 2.34. The molecule has 1 amide bonds. The summed E-state index contributed by atoms with van der Waals surface area (Å²) >= 11 is 1.57. The molecule has 0 bridgehead atoms. The standard InChI is InChI=1S/C14H23N3O3S/c1-14(2,3)20-13(18)17-5-6-19-9-11(17)10(15)8-12-16-4-7-21-12/h4,7,10-11H,5-6,8-9,15H2,1-3H3. The Bertz CT molecular complexity index is 459. The van der Waals surface area contributed by atoms with Crippen LogP contribution in [0.15, 0.2) is 11.6 Å². The number of hydrogen-bond acceptors (Lipinski definition) is 6. The van der Waals surface area contributed by atoms with Gasteiger partial charge < -0.3 is 15.2 Å². The monoisotopic (exact) mass is 313 g/mol. The largest absolute Gasteiger partial charge is 0.444 e. The van der Waals surface area contributed by atoms with Crippen molar-refractivity contribution in [1.82, 2.24) is 9.88 Å². The fraction of sp³-hybridized carbons (Fsp3) is 0.714. The molecule has 1 saturated heterocycles. The number of thiazole rings is 1. The lowest BCUT2D eigenvalue weighted by molar-refractivity contribution is -0.0378. The zero-order valence-electron chi connectivity index (χ0n) is 12.7. The summed E-state index contributed by atoms with van der Waals surface area (Å²) in [5.74, 6) is 0. The predicted molar refractivity (Wildman–Crippen MR) is 81.3 cm³/mol. The molecule has 2 atom stereocenters. The summed E-state index contributed by atoms with van der Waals surface area (Å²) in [7, 11) is 0. The van der Waals surface area contributed by atoms with E-state index < -0.39 is 5.60 Å². The molecule has 0 aliphatic carbocycles. The van der Waals surface area contributed by atoms with E-state index in [1.165, 1.54) is 0 Å². The summed E-state index contributed by atoms with van der Waals surface area (Å²) in [6, 6.07) is -0.401. The van der Waals surface area contributed by atoms with Crippen molar-refractivity contribution in [2.24, 2.45) is 5.73 Å². The van der Waals surface area contributed by atoms with Gasteiger partial charge in [0.2, 0.25) is 0 Å². The smallest absolute Gasteiger partial charge is 0.410 e. The van der Waals surface area contributed by atoms with E-state index in [4.69, 9.17) is 15.2 Å². The number of aromatic nitrogens is 1. The van der Waals surface area contributed by atoms with Crippen molar-refractivity contribution in [3.8, 4) is 0 Å². The van der Waals surface area contributed by atoms with Gasteiger partial charge in [0.15, 0.2) is 0 Å². The fourth-order valence-electron chi connectivity index (χ4n) is 2.22. The van der Waals surface area contributed by atoms with Crippen molar-refractivity contribution in [2.45, 2.75) is 44.9 Å². The molecule has 0 aromatic carbocycles. The minimum Gasteiger partial charge on any atom is -0.444 e. The summed E-state index contributed by atoms with van der Waals surface area (Å²) in [5, 5.41) is 2.89. The molecule has 0 saturated carbocycles. The molecule has 7 heteroatoms. The minimum absolute atomic E-state index is 0.183. The van der Waals surface area contributed by atoms with Crippen LogP contribution in [-0.2, 0) is 15.9 Å². The van der Waals surface area contributed by atoms with Gasteiger partial charge in [0.25, 0.3) is 0 Å². The highest BCUT2D eigenvalue weighted by atomic mass is 32.1. The van der Waals surface area contributed by atoms with E-state index in [9.17, 15) is 4.79 Å². The molecular formula is C14H23N3O3S. The molecule has 0 spiro atoms. The number of nitrogens with zero attached hydrogens (tertiary/aromatic N) is 2. The first-order valence-electron chi connectivity index (χ1n) is 7.08. The SMILES string of the molecule is CC(C)(C)OC(=O)N1CCOCC1C(N)Cc1nccs1. The van der Waals surface area contributed by atoms with E-state index in [0.29, 0.717) is 26.2 Å². The van der Waals surface area contributed by atoms with Crippen molar-refractivity contribution >= 4 is 17.4 Å². The third kappa shape index (κ3) is 4.66. The molecule has 1 aromatic heterocycles. The van der Waals surface area contributed by atoms with Gasteiger partial charge in [-0.05, 0) is 20.8 Å². The van der Waals surface area contributed by atoms with Gasteiger partial charge in [-0.15, -0.1) is 11.3 Å². The van der Waals surface area contributed by atoms with Crippen LogP contribution >= 0.6 is 11.3 Å². The third-order valence-electron chi connectivity index (χ3n) is 3.18. The van der Waals surface area contributed by atoms with Gasteiger partial charge in [-0.3, -0.25) is 4.90 Å². The molecule has 2 rings (SSSR count). The second-order valence-corrected chi connectivity index (χ2v) is 7.09. The van der Waals surface area contributed by atoms with E-state index >= 15 is 0 Å². The fourth-order valence-corrected chi connectivity index (χ4v) is 2.91. The minimum atomic E-state index is -0.515. The molecule has 2 N–H and O–H groups in total. The van der Waals surface area contributed by atoms with E-state index in [1.807, 2.05) is 26.2 Å². The zero-order chi connectivity index (χ0) is 15.5. The van der Waals surface area contributed by atoms with Crippen LogP contribution in [0.4, 0.5) is 4.79 Å². The first kappa shape index (κ1) is 16.2. The van der Waals surface area contributed by atoms with Gasteiger partial charge in [0, 0.05) is 30.6 Å². The zero-order valence-corrected chi connectivity index (χ0v) is 13.6. The number of morpholine rings is 1. The van der Waals surface area contributed by atoms with Crippen LogP contribution in [-0.4, -0.2) is 53.4 Å². The molecule has 1 aliphatic heterocycles. The molecule has 6 nitrogen and oxygen atoms in total. The molecule has 2 unspecified atom stereocenters. The molecular weight excluding hydrogens is 290 g/mol. The van der Waals surface area contributed by atoms with Crippen LogP contribution < -0.4 is 5.73 Å². The van der Waals surface area contributed by atoms with Crippen molar-refractivity contribution in [2.75, 3.05) is 19.8 Å². The highest BCUT2D eigenvalue weighted by Crippen LogP contribution is 2.18.